The van der Waals surface area contributed by atoms with E-state index in [0.29, 0.717) is 17.0 Å². The molecule has 0 saturated heterocycles. The molecule has 0 unspecified atom stereocenters. The van der Waals surface area contributed by atoms with Crippen molar-refractivity contribution >= 4 is 21.8 Å². The molecule has 0 aliphatic rings. The molecule has 0 bridgehead atoms. The fraction of sp³-hybridized carbons (Fsp3) is 0. The molecule has 6 nitrogen and oxygen atoms in total. The number of tetrazole rings is 1. The van der Waals surface area contributed by atoms with E-state index in [1.165, 1.54) is 0 Å². The van der Waals surface area contributed by atoms with Crippen LogP contribution in [0.1, 0.15) is 10.4 Å². The van der Waals surface area contributed by atoms with Gasteiger partial charge in [0, 0.05) is 10.0 Å². The van der Waals surface area contributed by atoms with Gasteiger partial charge >= 0.3 is 0 Å². The number of aromatic nitrogens is 4. The predicted molar refractivity (Wildman–Crippen MR) is 55.8 cm³/mol. The van der Waals surface area contributed by atoms with Gasteiger partial charge in [0.15, 0.2) is 0 Å². The molecule has 2 aromatic rings. The maximum atomic E-state index is 11.1. The van der Waals surface area contributed by atoms with Gasteiger partial charge in [0.25, 0.3) is 0 Å². The molecule has 76 valence electrons. The highest BCUT2D eigenvalue weighted by Crippen LogP contribution is 2.23. The molecule has 15 heavy (non-hydrogen) atoms. The third-order valence-electron chi connectivity index (χ3n) is 1.83. The average molecular weight is 268 g/mol. The van der Waals surface area contributed by atoms with Crippen LogP contribution in [0.25, 0.3) is 11.4 Å². The minimum Gasteiger partial charge on any atom is -0.366 e. The average Bonchev–Trinajstić information content (AvgIpc) is 2.69. The smallest absolute Gasteiger partial charge is 0.249 e. The quantitative estimate of drug-likeness (QED) is 0.838. The highest BCUT2D eigenvalue weighted by atomic mass is 79.9. The van der Waals surface area contributed by atoms with E-state index in [1.54, 1.807) is 18.2 Å². The molecular weight excluding hydrogens is 262 g/mol. The first-order valence-electron chi connectivity index (χ1n) is 4.01. The molecule has 0 fully saturated rings. The van der Waals surface area contributed by atoms with Crippen LogP contribution in [-0.4, -0.2) is 26.5 Å². The van der Waals surface area contributed by atoms with E-state index < -0.39 is 5.91 Å². The van der Waals surface area contributed by atoms with Gasteiger partial charge in [-0.15, -0.1) is 10.2 Å². The molecule has 1 aromatic carbocycles. The highest BCUT2D eigenvalue weighted by molar-refractivity contribution is 9.10. The van der Waals surface area contributed by atoms with Crippen molar-refractivity contribution in [2.45, 2.75) is 0 Å². The summed E-state index contributed by atoms with van der Waals surface area (Å²) in [5, 5.41) is 13.3. The lowest BCUT2D eigenvalue weighted by Gasteiger charge is -2.02. The van der Waals surface area contributed by atoms with Gasteiger partial charge in [-0.2, -0.15) is 5.21 Å². The van der Waals surface area contributed by atoms with Crippen molar-refractivity contribution in [2.75, 3.05) is 0 Å². The molecular formula is C8H6BrN5O. The van der Waals surface area contributed by atoms with Crippen molar-refractivity contribution in [3.63, 3.8) is 0 Å². The Bertz CT molecular complexity index is 496. The topological polar surface area (TPSA) is 97.5 Å². The van der Waals surface area contributed by atoms with E-state index in [0.717, 1.165) is 4.47 Å². The minimum absolute atomic E-state index is 0.338. The lowest BCUT2D eigenvalue weighted by molar-refractivity contribution is 0.100. The Morgan fingerprint density at radius 3 is 2.87 bits per heavy atom. The first-order valence-corrected chi connectivity index (χ1v) is 4.81. The number of hydrogen-bond acceptors (Lipinski definition) is 4. The van der Waals surface area contributed by atoms with Crippen molar-refractivity contribution in [2.24, 2.45) is 5.73 Å². The van der Waals surface area contributed by atoms with Crippen LogP contribution in [0.5, 0.6) is 0 Å². The van der Waals surface area contributed by atoms with Crippen molar-refractivity contribution in [3.8, 4) is 11.4 Å². The Hall–Kier alpha value is -1.76. The van der Waals surface area contributed by atoms with Crippen LogP contribution >= 0.6 is 15.9 Å². The number of rotatable bonds is 2. The van der Waals surface area contributed by atoms with Crippen LogP contribution in [0, 0.1) is 0 Å². The maximum absolute atomic E-state index is 11.1. The van der Waals surface area contributed by atoms with Crippen LogP contribution in [0.3, 0.4) is 0 Å². The lowest BCUT2D eigenvalue weighted by Crippen LogP contribution is -2.12. The molecule has 1 aromatic heterocycles. The Labute approximate surface area is 93.0 Å². The number of carbonyl (C=O) groups is 1. The molecule has 0 aliphatic carbocycles. The molecule has 1 heterocycles. The Balaban J connectivity index is 2.63. The second-order valence-electron chi connectivity index (χ2n) is 2.79. The SMILES string of the molecule is NC(=O)c1ccc(Br)cc1-c1nn[nH]n1. The fourth-order valence-corrected chi connectivity index (χ4v) is 1.55. The van der Waals surface area contributed by atoms with Crippen molar-refractivity contribution in [1.29, 1.82) is 0 Å². The number of nitrogens with two attached hydrogens (primary N) is 1. The summed E-state index contributed by atoms with van der Waals surface area (Å²) in [6.45, 7) is 0. The van der Waals surface area contributed by atoms with Crippen LogP contribution in [0.4, 0.5) is 0 Å². The van der Waals surface area contributed by atoms with Crippen molar-refractivity contribution < 1.29 is 4.79 Å². The zero-order valence-electron chi connectivity index (χ0n) is 7.44. The number of benzene rings is 1. The zero-order chi connectivity index (χ0) is 10.8. The molecule has 0 atom stereocenters. The molecule has 0 saturated carbocycles. The lowest BCUT2D eigenvalue weighted by atomic mass is 10.1. The number of carbonyl (C=O) groups excluding carboxylic acids is 1. The minimum atomic E-state index is -0.526. The molecule has 0 aliphatic heterocycles. The molecule has 2 rings (SSSR count). The van der Waals surface area contributed by atoms with E-state index in [2.05, 4.69) is 36.6 Å². The third kappa shape index (κ3) is 1.86. The van der Waals surface area contributed by atoms with Crippen LogP contribution in [-0.2, 0) is 0 Å². The fourth-order valence-electron chi connectivity index (χ4n) is 1.19. The summed E-state index contributed by atoms with van der Waals surface area (Å²) in [4.78, 5) is 11.1. The number of H-pyrrole nitrogens is 1. The second-order valence-corrected chi connectivity index (χ2v) is 3.71. The maximum Gasteiger partial charge on any atom is 0.249 e. The summed E-state index contributed by atoms with van der Waals surface area (Å²) in [6, 6.07) is 5.05. The second kappa shape index (κ2) is 3.77. The summed E-state index contributed by atoms with van der Waals surface area (Å²) in [7, 11) is 0. The molecule has 3 N–H and O–H groups in total. The van der Waals surface area contributed by atoms with Gasteiger partial charge in [-0.1, -0.05) is 15.9 Å². The normalized spacial score (nSPS) is 10.2. The number of aromatic amines is 1. The third-order valence-corrected chi connectivity index (χ3v) is 2.33. The Kier molecular flexibility index (Phi) is 2.46. The van der Waals surface area contributed by atoms with E-state index in [4.69, 9.17) is 5.73 Å². The summed E-state index contributed by atoms with van der Waals surface area (Å²) in [5.41, 5.74) is 6.14. The largest absolute Gasteiger partial charge is 0.366 e. The van der Waals surface area contributed by atoms with Gasteiger partial charge < -0.3 is 5.73 Å². The van der Waals surface area contributed by atoms with E-state index in [1.807, 2.05) is 0 Å². The van der Waals surface area contributed by atoms with E-state index in [9.17, 15) is 4.79 Å². The van der Waals surface area contributed by atoms with Crippen LogP contribution in [0.2, 0.25) is 0 Å². The number of hydrogen-bond donors (Lipinski definition) is 2. The number of amides is 1. The van der Waals surface area contributed by atoms with Gasteiger partial charge in [0.1, 0.15) is 0 Å². The Morgan fingerprint density at radius 1 is 1.47 bits per heavy atom. The highest BCUT2D eigenvalue weighted by Gasteiger charge is 2.13. The molecule has 0 spiro atoms. The Morgan fingerprint density at radius 2 is 2.27 bits per heavy atom. The van der Waals surface area contributed by atoms with Crippen LogP contribution in [0.15, 0.2) is 22.7 Å². The summed E-state index contributed by atoms with van der Waals surface area (Å²) < 4.78 is 0.812. The summed E-state index contributed by atoms with van der Waals surface area (Å²) in [5.74, 6) is -0.188. The van der Waals surface area contributed by atoms with E-state index in [-0.39, 0.29) is 0 Å². The molecule has 1 amide bonds. The zero-order valence-corrected chi connectivity index (χ0v) is 9.02. The van der Waals surface area contributed by atoms with Gasteiger partial charge in [-0.25, -0.2) is 0 Å². The standard InChI is InChI=1S/C8H6BrN5O/c9-4-1-2-5(7(10)15)6(3-4)8-11-13-14-12-8/h1-3H,(H2,10,15)(H,11,12,13,14). The first-order chi connectivity index (χ1) is 7.18. The van der Waals surface area contributed by atoms with E-state index >= 15 is 0 Å². The molecule has 0 radical (unpaired) electrons. The monoisotopic (exact) mass is 267 g/mol. The van der Waals surface area contributed by atoms with Crippen LogP contribution < -0.4 is 5.73 Å². The number of primary amides is 1. The number of nitrogens with zero attached hydrogens (tertiary/aromatic N) is 3. The predicted octanol–water partition coefficient (Wildman–Crippen LogP) is 0.728. The van der Waals surface area contributed by atoms with Gasteiger partial charge in [0.2, 0.25) is 11.7 Å². The van der Waals surface area contributed by atoms with Gasteiger partial charge in [-0.05, 0) is 23.4 Å². The molecule has 7 heteroatoms. The first kappa shape index (κ1) is 9.78. The summed E-state index contributed by atoms with van der Waals surface area (Å²) >= 11 is 3.29. The van der Waals surface area contributed by atoms with Crippen molar-refractivity contribution in [1.82, 2.24) is 20.6 Å². The van der Waals surface area contributed by atoms with Gasteiger partial charge in [-0.3, -0.25) is 4.79 Å². The van der Waals surface area contributed by atoms with Gasteiger partial charge in [0.05, 0.1) is 5.56 Å². The van der Waals surface area contributed by atoms with Crippen molar-refractivity contribution in [3.05, 3.63) is 28.2 Å². The number of halogens is 1. The summed E-state index contributed by atoms with van der Waals surface area (Å²) in [6.07, 6.45) is 0. The number of nitrogens with one attached hydrogen (secondary N) is 1.